The lowest BCUT2D eigenvalue weighted by molar-refractivity contribution is 0.187. The number of guanidine groups is 1. The summed E-state index contributed by atoms with van der Waals surface area (Å²) in [7, 11) is 0. The Morgan fingerprint density at radius 3 is 2.94 bits per heavy atom. The lowest BCUT2D eigenvalue weighted by atomic mass is 10.0. The minimum Gasteiger partial charge on any atom is -0.469 e. The molecule has 8 heteroatoms. The number of piperidine rings is 1. The largest absolute Gasteiger partial charge is 0.469 e. The molecule has 2 atom stereocenters. The quantitative estimate of drug-likeness (QED) is 0.317. The van der Waals surface area contributed by atoms with Crippen LogP contribution in [0.4, 0.5) is 10.1 Å². The van der Waals surface area contributed by atoms with Crippen LogP contribution in [0, 0.1) is 11.7 Å². The van der Waals surface area contributed by atoms with Crippen LogP contribution in [-0.4, -0.2) is 51.4 Å². The summed E-state index contributed by atoms with van der Waals surface area (Å²) >= 11 is 0. The Balaban J connectivity index is 0.00000272. The van der Waals surface area contributed by atoms with E-state index in [0.717, 1.165) is 82.5 Å². The van der Waals surface area contributed by atoms with Gasteiger partial charge in [-0.1, -0.05) is 6.07 Å². The van der Waals surface area contributed by atoms with Crippen molar-refractivity contribution < 1.29 is 13.5 Å². The van der Waals surface area contributed by atoms with Gasteiger partial charge in [0.15, 0.2) is 5.96 Å². The summed E-state index contributed by atoms with van der Waals surface area (Å²) in [5, 5.41) is 7.06. The average molecular weight is 542 g/mol. The molecule has 2 fully saturated rings. The third-order valence-electron chi connectivity index (χ3n) is 5.71. The lowest BCUT2D eigenvalue weighted by Gasteiger charge is -2.35. The summed E-state index contributed by atoms with van der Waals surface area (Å²) in [5.41, 5.74) is 0.939. The molecule has 2 unspecified atom stereocenters. The van der Waals surface area contributed by atoms with Crippen molar-refractivity contribution in [2.45, 2.75) is 31.7 Å². The van der Waals surface area contributed by atoms with Crippen LogP contribution in [0.15, 0.2) is 52.1 Å². The number of anilines is 1. The Morgan fingerprint density at radius 1 is 1.23 bits per heavy atom. The third-order valence-corrected chi connectivity index (χ3v) is 5.71. The summed E-state index contributed by atoms with van der Waals surface area (Å²) < 4.78 is 24.6. The van der Waals surface area contributed by atoms with Gasteiger partial charge in [0.2, 0.25) is 0 Å². The van der Waals surface area contributed by atoms with Crippen molar-refractivity contribution in [3.8, 4) is 0 Å². The first-order valence-corrected chi connectivity index (χ1v) is 10.9. The number of nitrogens with one attached hydrogen (secondary N) is 2. The van der Waals surface area contributed by atoms with Crippen LogP contribution in [-0.2, 0) is 11.2 Å². The summed E-state index contributed by atoms with van der Waals surface area (Å²) in [6.07, 6.45) is 5.70. The first-order valence-electron chi connectivity index (χ1n) is 10.9. The van der Waals surface area contributed by atoms with E-state index >= 15 is 0 Å². The summed E-state index contributed by atoms with van der Waals surface area (Å²) in [6, 6.07) is 11.0. The first-order chi connectivity index (χ1) is 14.8. The van der Waals surface area contributed by atoms with E-state index in [4.69, 9.17) is 14.1 Å². The number of halogens is 2. The predicted molar refractivity (Wildman–Crippen MR) is 132 cm³/mol. The Labute approximate surface area is 200 Å². The van der Waals surface area contributed by atoms with E-state index in [1.807, 2.05) is 18.2 Å². The van der Waals surface area contributed by atoms with Crippen LogP contribution in [0.25, 0.3) is 0 Å². The van der Waals surface area contributed by atoms with Crippen molar-refractivity contribution in [1.29, 1.82) is 0 Å². The third kappa shape index (κ3) is 7.38. The van der Waals surface area contributed by atoms with Gasteiger partial charge in [0.25, 0.3) is 0 Å². The van der Waals surface area contributed by atoms with Crippen LogP contribution in [0.1, 0.15) is 25.0 Å². The fraction of sp³-hybridized carbons (Fsp3) is 0.522. The number of hydrogen-bond donors (Lipinski definition) is 2. The molecule has 0 amide bonds. The van der Waals surface area contributed by atoms with Crippen molar-refractivity contribution in [3.05, 3.63) is 54.2 Å². The molecule has 31 heavy (non-hydrogen) atoms. The van der Waals surface area contributed by atoms with Crippen molar-refractivity contribution in [2.24, 2.45) is 10.9 Å². The van der Waals surface area contributed by atoms with E-state index in [1.54, 1.807) is 18.4 Å². The van der Waals surface area contributed by atoms with E-state index in [-0.39, 0.29) is 35.8 Å². The second-order valence-corrected chi connectivity index (χ2v) is 8.08. The zero-order valence-electron chi connectivity index (χ0n) is 17.8. The maximum absolute atomic E-state index is 13.6. The van der Waals surface area contributed by atoms with Gasteiger partial charge in [-0.25, -0.2) is 4.39 Å². The Morgan fingerprint density at radius 2 is 2.16 bits per heavy atom. The first kappa shape index (κ1) is 23.8. The molecule has 0 saturated carbocycles. The summed E-state index contributed by atoms with van der Waals surface area (Å²) in [5.74, 6) is 2.09. The summed E-state index contributed by atoms with van der Waals surface area (Å²) in [6.45, 7) is 4.91. The van der Waals surface area contributed by atoms with Gasteiger partial charge < -0.3 is 24.7 Å². The van der Waals surface area contributed by atoms with Gasteiger partial charge in [-0.3, -0.25) is 4.99 Å². The van der Waals surface area contributed by atoms with Gasteiger partial charge >= 0.3 is 0 Å². The molecule has 6 nitrogen and oxygen atoms in total. The van der Waals surface area contributed by atoms with E-state index in [9.17, 15) is 4.39 Å². The fourth-order valence-electron chi connectivity index (χ4n) is 4.05. The Bertz CT molecular complexity index is 812. The normalized spacial score (nSPS) is 21.6. The van der Waals surface area contributed by atoms with Gasteiger partial charge in [0.05, 0.1) is 12.9 Å². The molecule has 170 valence electrons. The number of rotatable bonds is 7. The smallest absolute Gasteiger partial charge is 0.191 e. The van der Waals surface area contributed by atoms with E-state index < -0.39 is 0 Å². The number of nitrogens with zero attached hydrogens (tertiary/aromatic N) is 2. The van der Waals surface area contributed by atoms with Gasteiger partial charge in [-0.15, -0.1) is 24.0 Å². The highest BCUT2D eigenvalue weighted by atomic mass is 127. The maximum atomic E-state index is 13.6. The highest BCUT2D eigenvalue weighted by Gasteiger charge is 2.22. The monoisotopic (exact) mass is 542 g/mol. The van der Waals surface area contributed by atoms with E-state index in [0.29, 0.717) is 5.92 Å². The second-order valence-electron chi connectivity index (χ2n) is 8.08. The molecule has 2 aliphatic rings. The van der Waals surface area contributed by atoms with Crippen molar-refractivity contribution in [3.63, 3.8) is 0 Å². The molecule has 0 radical (unpaired) electrons. The number of benzene rings is 1. The molecule has 4 rings (SSSR count). The molecule has 2 aliphatic heterocycles. The molecule has 0 bridgehead atoms. The minimum absolute atomic E-state index is 0. The zero-order valence-corrected chi connectivity index (χ0v) is 20.1. The van der Waals surface area contributed by atoms with Crippen LogP contribution in [0.2, 0.25) is 0 Å². The average Bonchev–Trinajstić information content (AvgIpc) is 3.46. The van der Waals surface area contributed by atoms with E-state index in [2.05, 4.69) is 15.5 Å². The molecule has 0 spiro atoms. The Kier molecular flexibility index (Phi) is 9.45. The number of ether oxygens (including phenoxy) is 1. The van der Waals surface area contributed by atoms with Crippen LogP contribution >= 0.6 is 24.0 Å². The number of furan rings is 1. The van der Waals surface area contributed by atoms with Crippen molar-refractivity contribution in [1.82, 2.24) is 10.6 Å². The van der Waals surface area contributed by atoms with Gasteiger partial charge in [-0.05, 0) is 49.6 Å². The van der Waals surface area contributed by atoms with E-state index in [1.165, 1.54) is 6.07 Å². The predicted octanol–water partition coefficient (Wildman–Crippen LogP) is 3.82. The van der Waals surface area contributed by atoms with Gasteiger partial charge in [0.1, 0.15) is 11.6 Å². The fourth-order valence-corrected chi connectivity index (χ4v) is 4.05. The zero-order chi connectivity index (χ0) is 20.6. The van der Waals surface area contributed by atoms with Crippen LogP contribution in [0.3, 0.4) is 0 Å². The van der Waals surface area contributed by atoms with Crippen LogP contribution < -0.4 is 15.5 Å². The second kappa shape index (κ2) is 12.3. The highest BCUT2D eigenvalue weighted by molar-refractivity contribution is 14.0. The molecule has 2 aromatic rings. The van der Waals surface area contributed by atoms with Gasteiger partial charge in [0, 0.05) is 56.9 Å². The molecule has 2 N–H and O–H groups in total. The van der Waals surface area contributed by atoms with Crippen molar-refractivity contribution >= 4 is 35.6 Å². The molecule has 2 saturated heterocycles. The standard InChI is InChI=1S/C23H31FN4O2.HI/c24-19-4-1-6-21(14-19)28-11-2-5-20(16-28)27-23(26-15-18-9-13-29-17-18)25-10-8-22-7-3-12-30-22;/h1,3-4,6-7,12,14,18,20H,2,5,8-11,13,15-17H2,(H2,25,26,27);1H. The molecular formula is C23H32FIN4O2. The molecule has 1 aromatic heterocycles. The maximum Gasteiger partial charge on any atom is 0.191 e. The lowest BCUT2D eigenvalue weighted by Crippen LogP contribution is -2.51. The molecule has 1 aromatic carbocycles. The Hall–Kier alpha value is -1.81. The van der Waals surface area contributed by atoms with Crippen LogP contribution in [0.5, 0.6) is 0 Å². The molecule has 0 aliphatic carbocycles. The molecule has 3 heterocycles. The van der Waals surface area contributed by atoms with Gasteiger partial charge in [-0.2, -0.15) is 0 Å². The summed E-state index contributed by atoms with van der Waals surface area (Å²) in [4.78, 5) is 7.08. The number of aliphatic imine (C=N–C) groups is 1. The number of hydrogen-bond acceptors (Lipinski definition) is 4. The minimum atomic E-state index is -0.191. The SMILES string of the molecule is Fc1cccc(N2CCCC(NC(=NCC3CCOC3)NCCc3ccco3)C2)c1.I. The molecular weight excluding hydrogens is 510 g/mol. The highest BCUT2D eigenvalue weighted by Crippen LogP contribution is 2.21. The topological polar surface area (TPSA) is 62.0 Å². The van der Waals surface area contributed by atoms with Crippen molar-refractivity contribution in [2.75, 3.05) is 44.3 Å².